The molecule has 3 rings (SSSR count). The van der Waals surface area contributed by atoms with Gasteiger partial charge in [0.15, 0.2) is 0 Å². The summed E-state index contributed by atoms with van der Waals surface area (Å²) in [5.41, 5.74) is 2.22. The lowest BCUT2D eigenvalue weighted by molar-refractivity contribution is 0.218. The van der Waals surface area contributed by atoms with E-state index in [1.165, 1.54) is 24.8 Å². The summed E-state index contributed by atoms with van der Waals surface area (Å²) in [5.74, 6) is 3.34. The van der Waals surface area contributed by atoms with E-state index in [0.717, 1.165) is 23.0 Å². The van der Waals surface area contributed by atoms with Gasteiger partial charge in [-0.2, -0.15) is 0 Å². The van der Waals surface area contributed by atoms with E-state index in [1.54, 1.807) is 7.11 Å². The molecule has 2 aliphatic rings. The Labute approximate surface area is 103 Å². The van der Waals surface area contributed by atoms with Gasteiger partial charge in [-0.1, -0.05) is 12.8 Å². The average Bonchev–Trinajstić information content (AvgIpc) is 3.05. The standard InChI is InChI=1S/C15H19O2/c1-9-6-15-13(8-14(9)16-3)12(10(2)17-15)7-11-4-5-11/h6,8,10-12H,1,4-5,7H2,2-3H3. The van der Waals surface area contributed by atoms with Gasteiger partial charge in [-0.25, -0.2) is 0 Å². The van der Waals surface area contributed by atoms with Crippen LogP contribution >= 0.6 is 0 Å². The van der Waals surface area contributed by atoms with Crippen LogP contribution in [-0.2, 0) is 0 Å². The highest BCUT2D eigenvalue weighted by atomic mass is 16.5. The van der Waals surface area contributed by atoms with E-state index >= 15 is 0 Å². The summed E-state index contributed by atoms with van der Waals surface area (Å²) >= 11 is 0. The Balaban J connectivity index is 1.94. The van der Waals surface area contributed by atoms with Gasteiger partial charge in [-0.05, 0) is 43.9 Å². The van der Waals surface area contributed by atoms with Gasteiger partial charge in [0.2, 0.25) is 0 Å². The Morgan fingerprint density at radius 1 is 1.41 bits per heavy atom. The second-order valence-corrected chi connectivity index (χ2v) is 5.31. The number of ether oxygens (including phenoxy) is 2. The van der Waals surface area contributed by atoms with Gasteiger partial charge >= 0.3 is 0 Å². The van der Waals surface area contributed by atoms with Crippen molar-refractivity contribution in [2.24, 2.45) is 5.92 Å². The molecule has 1 heterocycles. The lowest BCUT2D eigenvalue weighted by Crippen LogP contribution is -2.14. The average molecular weight is 231 g/mol. The van der Waals surface area contributed by atoms with Crippen molar-refractivity contribution in [3.05, 3.63) is 30.2 Å². The number of hydrogen-bond acceptors (Lipinski definition) is 2. The molecule has 1 aliphatic carbocycles. The minimum atomic E-state index is 0.289. The number of methoxy groups -OCH3 is 1. The van der Waals surface area contributed by atoms with Crippen LogP contribution in [0.15, 0.2) is 12.1 Å². The van der Waals surface area contributed by atoms with Crippen LogP contribution in [0.4, 0.5) is 0 Å². The molecule has 91 valence electrons. The second kappa shape index (κ2) is 3.94. The van der Waals surface area contributed by atoms with Crippen LogP contribution in [0.25, 0.3) is 0 Å². The van der Waals surface area contributed by atoms with Crippen molar-refractivity contribution in [3.63, 3.8) is 0 Å². The van der Waals surface area contributed by atoms with Crippen molar-refractivity contribution in [1.82, 2.24) is 0 Å². The Morgan fingerprint density at radius 2 is 2.18 bits per heavy atom. The topological polar surface area (TPSA) is 18.5 Å². The molecule has 0 spiro atoms. The first-order valence-electron chi connectivity index (χ1n) is 6.39. The molecule has 0 aromatic heterocycles. The normalized spacial score (nSPS) is 26.5. The third kappa shape index (κ3) is 1.90. The van der Waals surface area contributed by atoms with Crippen LogP contribution < -0.4 is 9.47 Å². The lowest BCUT2D eigenvalue weighted by atomic mass is 9.90. The molecule has 2 nitrogen and oxygen atoms in total. The Morgan fingerprint density at radius 3 is 2.82 bits per heavy atom. The number of benzene rings is 1. The molecule has 2 heteroatoms. The molecule has 17 heavy (non-hydrogen) atoms. The Hall–Kier alpha value is -1.18. The summed E-state index contributed by atoms with van der Waals surface area (Å²) < 4.78 is 11.3. The molecule has 1 radical (unpaired) electrons. The smallest absolute Gasteiger partial charge is 0.123 e. The van der Waals surface area contributed by atoms with Crippen LogP contribution in [0.1, 0.15) is 43.2 Å². The first kappa shape index (κ1) is 10.9. The predicted octanol–water partition coefficient (Wildman–Crippen LogP) is 3.54. The quantitative estimate of drug-likeness (QED) is 0.792. The van der Waals surface area contributed by atoms with Crippen LogP contribution in [0, 0.1) is 12.8 Å². The molecule has 0 N–H and O–H groups in total. The molecule has 1 fully saturated rings. The summed E-state index contributed by atoms with van der Waals surface area (Å²) in [7, 11) is 1.70. The van der Waals surface area contributed by atoms with Gasteiger partial charge in [-0.15, -0.1) is 0 Å². The fraction of sp³-hybridized carbons (Fsp3) is 0.533. The maximum atomic E-state index is 5.93. The van der Waals surface area contributed by atoms with Crippen molar-refractivity contribution in [1.29, 1.82) is 0 Å². The Kier molecular flexibility index (Phi) is 2.53. The zero-order valence-corrected chi connectivity index (χ0v) is 10.5. The van der Waals surface area contributed by atoms with E-state index in [2.05, 4.69) is 19.9 Å². The first-order chi connectivity index (χ1) is 8.19. The molecular formula is C15H19O2. The summed E-state index contributed by atoms with van der Waals surface area (Å²) in [6.07, 6.45) is 4.33. The summed E-state index contributed by atoms with van der Waals surface area (Å²) in [5, 5.41) is 0. The van der Waals surface area contributed by atoms with E-state index in [-0.39, 0.29) is 6.10 Å². The molecule has 1 aliphatic heterocycles. The van der Waals surface area contributed by atoms with Gasteiger partial charge in [0.1, 0.15) is 17.6 Å². The van der Waals surface area contributed by atoms with Crippen LogP contribution in [-0.4, -0.2) is 13.2 Å². The van der Waals surface area contributed by atoms with Gasteiger partial charge in [0, 0.05) is 11.5 Å². The SMILES string of the molecule is [CH2]c1cc2c(cc1OC)C(CC1CC1)C(C)O2. The largest absolute Gasteiger partial charge is 0.496 e. The number of fused-ring (bicyclic) bond motifs is 1. The van der Waals surface area contributed by atoms with E-state index < -0.39 is 0 Å². The van der Waals surface area contributed by atoms with Crippen molar-refractivity contribution in [2.45, 2.75) is 38.2 Å². The minimum absolute atomic E-state index is 0.289. The van der Waals surface area contributed by atoms with Gasteiger partial charge in [0.25, 0.3) is 0 Å². The monoisotopic (exact) mass is 231 g/mol. The predicted molar refractivity (Wildman–Crippen MR) is 67.6 cm³/mol. The zero-order valence-electron chi connectivity index (χ0n) is 10.5. The second-order valence-electron chi connectivity index (χ2n) is 5.31. The zero-order chi connectivity index (χ0) is 12.0. The summed E-state index contributed by atoms with van der Waals surface area (Å²) in [6, 6.07) is 4.13. The highest BCUT2D eigenvalue weighted by Gasteiger charge is 2.36. The van der Waals surface area contributed by atoms with Gasteiger partial charge < -0.3 is 9.47 Å². The molecule has 1 aromatic rings. The van der Waals surface area contributed by atoms with Crippen LogP contribution in [0.3, 0.4) is 0 Å². The van der Waals surface area contributed by atoms with E-state index in [9.17, 15) is 0 Å². The molecule has 1 saturated carbocycles. The van der Waals surface area contributed by atoms with E-state index in [1.807, 2.05) is 6.07 Å². The Bertz CT molecular complexity index is 435. The summed E-state index contributed by atoms with van der Waals surface area (Å²) in [4.78, 5) is 0. The van der Waals surface area contributed by atoms with E-state index in [4.69, 9.17) is 9.47 Å². The molecule has 2 unspecified atom stereocenters. The molecule has 0 amide bonds. The molecule has 0 saturated heterocycles. The maximum absolute atomic E-state index is 5.93. The molecule has 2 atom stereocenters. The molecule has 0 bridgehead atoms. The maximum Gasteiger partial charge on any atom is 0.123 e. The van der Waals surface area contributed by atoms with E-state index in [0.29, 0.717) is 5.92 Å². The fourth-order valence-electron chi connectivity index (χ4n) is 2.77. The number of rotatable bonds is 3. The van der Waals surface area contributed by atoms with Crippen molar-refractivity contribution >= 4 is 0 Å². The fourth-order valence-corrected chi connectivity index (χ4v) is 2.77. The third-order valence-corrected chi connectivity index (χ3v) is 3.98. The van der Waals surface area contributed by atoms with Gasteiger partial charge in [0.05, 0.1) is 7.11 Å². The van der Waals surface area contributed by atoms with Crippen molar-refractivity contribution in [3.8, 4) is 11.5 Å². The van der Waals surface area contributed by atoms with Crippen molar-refractivity contribution in [2.75, 3.05) is 7.11 Å². The molecule has 1 aromatic carbocycles. The van der Waals surface area contributed by atoms with Crippen LogP contribution in [0.5, 0.6) is 11.5 Å². The van der Waals surface area contributed by atoms with Gasteiger partial charge in [-0.3, -0.25) is 0 Å². The highest BCUT2D eigenvalue weighted by Crippen LogP contribution is 2.48. The highest BCUT2D eigenvalue weighted by molar-refractivity contribution is 5.51. The van der Waals surface area contributed by atoms with Crippen LogP contribution in [0.2, 0.25) is 0 Å². The minimum Gasteiger partial charge on any atom is -0.496 e. The number of hydrogen-bond donors (Lipinski definition) is 0. The molecular weight excluding hydrogens is 212 g/mol. The summed E-state index contributed by atoms with van der Waals surface area (Å²) in [6.45, 7) is 6.16. The first-order valence-corrected chi connectivity index (χ1v) is 6.39. The third-order valence-electron chi connectivity index (χ3n) is 3.98. The van der Waals surface area contributed by atoms with Crippen molar-refractivity contribution < 1.29 is 9.47 Å². The lowest BCUT2D eigenvalue weighted by Gasteiger charge is -2.14.